The molecule has 0 spiro atoms. The average molecular weight is 372 g/mol. The zero-order chi connectivity index (χ0) is 16.9. The van der Waals surface area contributed by atoms with Gasteiger partial charge in [-0.05, 0) is 0 Å². The lowest BCUT2D eigenvalue weighted by Crippen LogP contribution is -2.55. The van der Waals surface area contributed by atoms with E-state index in [4.69, 9.17) is 5.11 Å². The molecule has 0 aliphatic carbocycles. The van der Waals surface area contributed by atoms with Gasteiger partial charge in [0.15, 0.2) is 0 Å². The molecule has 1 rings (SSSR count). The van der Waals surface area contributed by atoms with Crippen molar-refractivity contribution in [2.45, 2.75) is 29.3 Å². The molecule has 0 aromatic carbocycles. The van der Waals surface area contributed by atoms with Crippen molar-refractivity contribution in [3.63, 3.8) is 0 Å². The molecule has 0 bridgehead atoms. The van der Waals surface area contributed by atoms with Crippen LogP contribution < -0.4 is 0 Å². The fraction of sp³-hybridized carbons (Fsp3) is 1.00. The van der Waals surface area contributed by atoms with Crippen LogP contribution in [0.2, 0.25) is 0 Å². The molecule has 126 valence electrons. The number of hydrogen-bond acceptors (Lipinski definition) is 3. The lowest BCUT2D eigenvalue weighted by atomic mass is 10.3. The Kier molecular flexibility index (Phi) is 4.59. The summed E-state index contributed by atoms with van der Waals surface area (Å²) >= 11 is 0. The van der Waals surface area contributed by atoms with Gasteiger partial charge in [-0.3, -0.25) is 8.95 Å². The van der Waals surface area contributed by atoms with Crippen molar-refractivity contribution < 1.29 is 53.6 Å². The maximum absolute atomic E-state index is 13.6. The Bertz CT molecular complexity index is 526. The second-order valence-electron chi connectivity index (χ2n) is 3.79. The third-order valence-corrected chi connectivity index (χ3v) is 8.17. The van der Waals surface area contributed by atoms with E-state index in [1.165, 1.54) is 0 Å². The van der Waals surface area contributed by atoms with E-state index in [0.717, 1.165) is 0 Å². The molecule has 3 unspecified atom stereocenters. The highest BCUT2D eigenvalue weighted by atomic mass is 32.6. The molecular weight excluding hydrogens is 366 g/mol. The molecule has 1 aliphatic heterocycles. The lowest BCUT2D eigenvalue weighted by molar-refractivity contribution is -0.441. The van der Waals surface area contributed by atoms with Crippen LogP contribution in [0.5, 0.6) is 0 Å². The smallest absolute Gasteiger partial charge is 0.395 e. The molecular formula is C7H6F9O3PS. The van der Waals surface area contributed by atoms with Crippen LogP contribution >= 0.6 is 7.36 Å². The molecule has 1 heterocycles. The SMILES string of the molecule is O=S1(CCO)=PC1(F)C(F)OC(F)(F)C(F)(F)C(F)(F)F. The van der Waals surface area contributed by atoms with Crippen molar-refractivity contribution in [2.75, 3.05) is 12.4 Å². The summed E-state index contributed by atoms with van der Waals surface area (Å²) in [7, 11) is -4.83. The quantitative estimate of drug-likeness (QED) is 0.576. The summed E-state index contributed by atoms with van der Waals surface area (Å²) in [5.41, 5.74) is 0. The van der Waals surface area contributed by atoms with E-state index in [1.807, 2.05) is 0 Å². The number of aliphatic hydroxyl groups is 1. The number of rotatable bonds is 6. The minimum absolute atomic E-state index is 0.879. The minimum atomic E-state index is -6.77. The Labute approximate surface area is 112 Å². The maximum atomic E-state index is 13.6. The molecule has 21 heavy (non-hydrogen) atoms. The van der Waals surface area contributed by atoms with Gasteiger partial charge in [-0.1, -0.05) is 0 Å². The van der Waals surface area contributed by atoms with Crippen molar-refractivity contribution >= 4 is 16.5 Å². The van der Waals surface area contributed by atoms with Crippen molar-refractivity contribution in [1.29, 1.82) is 0 Å². The van der Waals surface area contributed by atoms with E-state index in [2.05, 4.69) is 4.74 Å². The van der Waals surface area contributed by atoms with Gasteiger partial charge in [-0.25, -0.2) is 8.78 Å². The van der Waals surface area contributed by atoms with Crippen LogP contribution in [-0.4, -0.2) is 51.0 Å². The van der Waals surface area contributed by atoms with Gasteiger partial charge >= 0.3 is 18.2 Å². The van der Waals surface area contributed by atoms with Gasteiger partial charge in [0, 0.05) is 22.2 Å². The van der Waals surface area contributed by atoms with Crippen molar-refractivity contribution in [3.8, 4) is 0 Å². The van der Waals surface area contributed by atoms with Gasteiger partial charge in [0.1, 0.15) is 0 Å². The second kappa shape index (κ2) is 5.14. The fourth-order valence-corrected chi connectivity index (χ4v) is 5.72. The molecule has 0 saturated heterocycles. The highest BCUT2D eigenvalue weighted by Crippen LogP contribution is 2.59. The number of aliphatic hydroxyl groups excluding tert-OH is 1. The van der Waals surface area contributed by atoms with Crippen LogP contribution in [0, 0.1) is 0 Å². The molecule has 0 aromatic heterocycles. The molecule has 0 fully saturated rings. The van der Waals surface area contributed by atoms with E-state index in [9.17, 15) is 43.7 Å². The van der Waals surface area contributed by atoms with Gasteiger partial charge in [-0.15, -0.1) is 0 Å². The highest BCUT2D eigenvalue weighted by molar-refractivity contribution is 8.41. The van der Waals surface area contributed by atoms with E-state index < -0.39 is 58.1 Å². The molecule has 1 N–H and O–H groups in total. The monoisotopic (exact) mass is 372 g/mol. The Morgan fingerprint density at radius 3 is 2.05 bits per heavy atom. The number of alkyl halides is 9. The van der Waals surface area contributed by atoms with Crippen molar-refractivity contribution in [3.05, 3.63) is 0 Å². The highest BCUT2D eigenvalue weighted by Gasteiger charge is 2.77. The summed E-state index contributed by atoms with van der Waals surface area (Å²) in [6, 6.07) is 0. The number of halogens is 9. The molecule has 0 amide bonds. The Balaban J connectivity index is 2.90. The topological polar surface area (TPSA) is 46.5 Å². The first-order chi connectivity index (χ1) is 9.15. The van der Waals surface area contributed by atoms with Crippen LogP contribution in [0.15, 0.2) is 0 Å². The van der Waals surface area contributed by atoms with E-state index in [0.29, 0.717) is 0 Å². The summed E-state index contributed by atoms with van der Waals surface area (Å²) in [6.45, 7) is -0.931. The zero-order valence-electron chi connectivity index (χ0n) is 9.51. The second-order valence-corrected chi connectivity index (χ2v) is 9.53. The molecule has 3 nitrogen and oxygen atoms in total. The first-order valence-electron chi connectivity index (χ1n) is 4.84. The van der Waals surface area contributed by atoms with E-state index >= 15 is 0 Å². The summed E-state index contributed by atoms with van der Waals surface area (Å²) in [5, 5.41) is 8.39. The summed E-state index contributed by atoms with van der Waals surface area (Å²) in [4.78, 5) is 0. The first kappa shape index (κ1) is 18.8. The van der Waals surface area contributed by atoms with Crippen LogP contribution in [-0.2, 0) is 13.8 Å². The molecule has 0 radical (unpaired) electrons. The van der Waals surface area contributed by atoms with Crippen molar-refractivity contribution in [2.24, 2.45) is 0 Å². The molecule has 3 atom stereocenters. The van der Waals surface area contributed by atoms with Gasteiger partial charge in [-0.2, -0.15) is 30.7 Å². The Hall–Kier alpha value is -0.260. The van der Waals surface area contributed by atoms with E-state index in [-0.39, 0.29) is 0 Å². The van der Waals surface area contributed by atoms with Crippen LogP contribution in [0.3, 0.4) is 0 Å². The Morgan fingerprint density at radius 2 is 1.67 bits per heavy atom. The molecule has 0 saturated carbocycles. The van der Waals surface area contributed by atoms with Crippen LogP contribution in [0.25, 0.3) is 0 Å². The predicted octanol–water partition coefficient (Wildman–Crippen LogP) is 2.86. The zero-order valence-corrected chi connectivity index (χ0v) is 11.2. The van der Waals surface area contributed by atoms with Gasteiger partial charge in [0.2, 0.25) is 0 Å². The van der Waals surface area contributed by atoms with Gasteiger partial charge in [0.25, 0.3) is 11.1 Å². The predicted molar refractivity (Wildman–Crippen MR) is 52.8 cm³/mol. The normalized spacial score (nSPS) is 32.5. The van der Waals surface area contributed by atoms with Crippen molar-refractivity contribution in [1.82, 2.24) is 0 Å². The summed E-state index contributed by atoms with van der Waals surface area (Å²) in [5.74, 6) is -7.65. The minimum Gasteiger partial charge on any atom is -0.395 e. The Morgan fingerprint density at radius 1 is 1.19 bits per heavy atom. The third kappa shape index (κ3) is 2.97. The average Bonchev–Trinajstić information content (AvgIpc) is 2.80. The van der Waals surface area contributed by atoms with Crippen LogP contribution in [0.4, 0.5) is 39.5 Å². The molecule has 14 heteroatoms. The molecule has 1 aliphatic rings. The summed E-state index contributed by atoms with van der Waals surface area (Å²) in [6.07, 6.45) is -17.2. The lowest BCUT2D eigenvalue weighted by Gasteiger charge is -2.29. The van der Waals surface area contributed by atoms with E-state index in [1.54, 1.807) is 0 Å². The fourth-order valence-electron chi connectivity index (χ4n) is 1.12. The maximum Gasteiger partial charge on any atom is 0.462 e. The number of hydrogen-bond donors (Lipinski definition) is 1. The number of ether oxygens (including phenoxy) is 1. The first-order valence-corrected chi connectivity index (χ1v) is 8.07. The largest absolute Gasteiger partial charge is 0.462 e. The molecule has 0 aromatic rings. The standard InChI is InChI=1S/C7H6F9O3PS/c8-3(4(9)20-21(4,18)2-1-17)19-7(15,16)5(10,11)6(12,13)14/h3,17H,1-2H2. The van der Waals surface area contributed by atoms with Crippen LogP contribution in [0.1, 0.15) is 0 Å². The van der Waals surface area contributed by atoms with Gasteiger partial charge in [0.05, 0.1) is 6.61 Å². The summed E-state index contributed by atoms with van der Waals surface area (Å²) < 4.78 is 123. The third-order valence-electron chi connectivity index (χ3n) is 2.31. The van der Waals surface area contributed by atoms with Gasteiger partial charge < -0.3 is 5.11 Å².